The predicted molar refractivity (Wildman–Crippen MR) is 82.8 cm³/mol. The van der Waals surface area contributed by atoms with E-state index in [0.717, 1.165) is 12.2 Å². The SMILES string of the molecule is CC[C@]1(C)CN(C(=O)N[C@H](COC)c2ccc(C)o2)CCO1. The lowest BCUT2D eigenvalue weighted by Crippen LogP contribution is -2.55. The number of aryl methyl sites for hydroxylation is 1. The maximum absolute atomic E-state index is 12.5. The molecule has 1 fully saturated rings. The third kappa shape index (κ3) is 4.01. The third-order valence-corrected chi connectivity index (χ3v) is 4.11. The number of ether oxygens (including phenoxy) is 2. The molecule has 2 amide bonds. The topological polar surface area (TPSA) is 63.9 Å². The van der Waals surface area contributed by atoms with Gasteiger partial charge in [0.15, 0.2) is 0 Å². The van der Waals surface area contributed by atoms with Gasteiger partial charge < -0.3 is 24.1 Å². The molecule has 0 spiro atoms. The van der Waals surface area contributed by atoms with Gasteiger partial charge in [-0.1, -0.05) is 6.92 Å². The highest BCUT2D eigenvalue weighted by molar-refractivity contribution is 5.74. The highest BCUT2D eigenvalue weighted by Crippen LogP contribution is 2.22. The highest BCUT2D eigenvalue weighted by atomic mass is 16.5. The lowest BCUT2D eigenvalue weighted by molar-refractivity contribution is -0.0876. The number of amides is 2. The molecule has 22 heavy (non-hydrogen) atoms. The molecule has 1 saturated heterocycles. The van der Waals surface area contributed by atoms with Gasteiger partial charge in [0.25, 0.3) is 0 Å². The van der Waals surface area contributed by atoms with Crippen LogP contribution in [-0.2, 0) is 9.47 Å². The first-order valence-corrected chi connectivity index (χ1v) is 7.72. The molecule has 2 rings (SSSR count). The van der Waals surface area contributed by atoms with Crippen LogP contribution in [0.1, 0.15) is 37.8 Å². The molecule has 2 atom stereocenters. The number of nitrogens with one attached hydrogen (secondary N) is 1. The summed E-state index contributed by atoms with van der Waals surface area (Å²) >= 11 is 0. The Labute approximate surface area is 131 Å². The normalized spacial score (nSPS) is 23.4. The van der Waals surface area contributed by atoms with Gasteiger partial charge in [-0.3, -0.25) is 0 Å². The molecule has 6 heteroatoms. The number of methoxy groups -OCH3 is 1. The second kappa shape index (κ2) is 7.15. The fraction of sp³-hybridized carbons (Fsp3) is 0.688. The molecule has 6 nitrogen and oxygen atoms in total. The average Bonchev–Trinajstić information content (AvgIpc) is 2.93. The third-order valence-electron chi connectivity index (χ3n) is 4.11. The first-order valence-electron chi connectivity index (χ1n) is 7.72. The highest BCUT2D eigenvalue weighted by Gasteiger charge is 2.33. The van der Waals surface area contributed by atoms with Crippen molar-refractivity contribution in [3.05, 3.63) is 23.7 Å². The Balaban J connectivity index is 2.01. The van der Waals surface area contributed by atoms with E-state index in [1.165, 1.54) is 0 Å². The smallest absolute Gasteiger partial charge is 0.318 e. The van der Waals surface area contributed by atoms with Gasteiger partial charge in [0.05, 0.1) is 25.4 Å². The second-order valence-corrected chi connectivity index (χ2v) is 5.98. The van der Waals surface area contributed by atoms with Crippen LogP contribution in [0.3, 0.4) is 0 Å². The standard InChI is InChI=1S/C16H26N2O4/c1-5-16(3)11-18(8-9-21-16)15(19)17-13(10-20-4)14-7-6-12(2)22-14/h6-7,13H,5,8-11H2,1-4H3,(H,17,19)/t13-,16-/m1/s1. The van der Waals surface area contributed by atoms with Crippen molar-refractivity contribution in [2.45, 2.75) is 38.8 Å². The predicted octanol–water partition coefficient (Wildman–Crippen LogP) is 2.49. The van der Waals surface area contributed by atoms with Crippen LogP contribution in [0.5, 0.6) is 0 Å². The van der Waals surface area contributed by atoms with E-state index in [2.05, 4.69) is 12.2 Å². The largest absolute Gasteiger partial charge is 0.464 e. The van der Waals surface area contributed by atoms with Crippen LogP contribution in [0.2, 0.25) is 0 Å². The number of carbonyl (C=O) groups is 1. The molecule has 0 aliphatic carbocycles. The first-order chi connectivity index (χ1) is 10.5. The fourth-order valence-electron chi connectivity index (χ4n) is 2.56. The van der Waals surface area contributed by atoms with Crippen LogP contribution in [0.25, 0.3) is 0 Å². The van der Waals surface area contributed by atoms with E-state index < -0.39 is 0 Å². The lowest BCUT2D eigenvalue weighted by atomic mass is 10.0. The van der Waals surface area contributed by atoms with E-state index in [4.69, 9.17) is 13.9 Å². The Morgan fingerprint density at radius 1 is 1.55 bits per heavy atom. The van der Waals surface area contributed by atoms with Crippen LogP contribution < -0.4 is 5.32 Å². The Hall–Kier alpha value is -1.53. The van der Waals surface area contributed by atoms with E-state index in [-0.39, 0.29) is 17.7 Å². The summed E-state index contributed by atoms with van der Waals surface area (Å²) in [4.78, 5) is 14.3. The van der Waals surface area contributed by atoms with Crippen molar-refractivity contribution < 1.29 is 18.7 Å². The number of hydrogen-bond donors (Lipinski definition) is 1. The van der Waals surface area contributed by atoms with Crippen molar-refractivity contribution in [1.82, 2.24) is 10.2 Å². The quantitative estimate of drug-likeness (QED) is 0.907. The van der Waals surface area contributed by atoms with Gasteiger partial charge in [-0.05, 0) is 32.4 Å². The minimum atomic E-state index is -0.290. The van der Waals surface area contributed by atoms with Crippen molar-refractivity contribution in [3.63, 3.8) is 0 Å². The summed E-state index contributed by atoms with van der Waals surface area (Å²) in [5.41, 5.74) is -0.270. The van der Waals surface area contributed by atoms with Gasteiger partial charge in [-0.25, -0.2) is 4.79 Å². The van der Waals surface area contributed by atoms with Crippen LogP contribution in [0.4, 0.5) is 4.79 Å². The number of carbonyl (C=O) groups excluding carboxylic acids is 1. The molecule has 1 N–H and O–H groups in total. The molecule has 1 aliphatic heterocycles. The zero-order valence-corrected chi connectivity index (χ0v) is 13.8. The summed E-state index contributed by atoms with van der Waals surface area (Å²) in [5.74, 6) is 1.52. The van der Waals surface area contributed by atoms with Gasteiger partial charge in [0, 0.05) is 13.7 Å². The van der Waals surface area contributed by atoms with Gasteiger partial charge >= 0.3 is 6.03 Å². The van der Waals surface area contributed by atoms with Gasteiger partial charge in [0.2, 0.25) is 0 Å². The summed E-state index contributed by atoms with van der Waals surface area (Å²) in [6.07, 6.45) is 0.871. The van der Waals surface area contributed by atoms with Crippen molar-refractivity contribution in [2.75, 3.05) is 33.4 Å². The summed E-state index contributed by atoms with van der Waals surface area (Å²) in [5, 5.41) is 2.99. The van der Waals surface area contributed by atoms with Crippen LogP contribution >= 0.6 is 0 Å². The van der Waals surface area contributed by atoms with Crippen molar-refractivity contribution >= 4 is 6.03 Å². The molecular weight excluding hydrogens is 284 g/mol. The zero-order chi connectivity index (χ0) is 16.2. The van der Waals surface area contributed by atoms with E-state index >= 15 is 0 Å². The summed E-state index contributed by atoms with van der Waals surface area (Å²) in [7, 11) is 1.61. The van der Waals surface area contributed by atoms with Crippen molar-refractivity contribution in [3.8, 4) is 0 Å². The molecular formula is C16H26N2O4. The molecule has 124 valence electrons. The number of furan rings is 1. The number of rotatable bonds is 5. The monoisotopic (exact) mass is 310 g/mol. The molecule has 2 heterocycles. The maximum Gasteiger partial charge on any atom is 0.318 e. The van der Waals surface area contributed by atoms with Gasteiger partial charge in [-0.2, -0.15) is 0 Å². The maximum atomic E-state index is 12.5. The molecule has 1 aromatic rings. The Bertz CT molecular complexity index is 502. The van der Waals surface area contributed by atoms with Crippen LogP contribution in [0.15, 0.2) is 16.5 Å². The van der Waals surface area contributed by atoms with E-state index in [1.807, 2.05) is 26.0 Å². The molecule has 0 radical (unpaired) electrons. The number of urea groups is 1. The molecule has 1 aromatic heterocycles. The Kier molecular flexibility index (Phi) is 5.47. The number of hydrogen-bond acceptors (Lipinski definition) is 4. The molecule has 0 aromatic carbocycles. The first kappa shape index (κ1) is 16.8. The summed E-state index contributed by atoms with van der Waals surface area (Å²) in [6.45, 7) is 8.10. The molecule has 1 aliphatic rings. The van der Waals surface area contributed by atoms with Crippen LogP contribution in [-0.4, -0.2) is 49.9 Å². The summed E-state index contributed by atoms with van der Waals surface area (Å²) in [6, 6.07) is 3.35. The molecule has 0 unspecified atom stereocenters. The van der Waals surface area contributed by atoms with Crippen LogP contribution in [0, 0.1) is 6.92 Å². The fourth-order valence-corrected chi connectivity index (χ4v) is 2.56. The number of morpholine rings is 1. The van der Waals surface area contributed by atoms with E-state index in [1.54, 1.807) is 12.0 Å². The second-order valence-electron chi connectivity index (χ2n) is 5.98. The van der Waals surface area contributed by atoms with Gasteiger partial charge in [0.1, 0.15) is 17.6 Å². The molecule has 0 saturated carbocycles. The number of nitrogens with zero attached hydrogens (tertiary/aromatic N) is 1. The van der Waals surface area contributed by atoms with Crippen molar-refractivity contribution in [2.24, 2.45) is 0 Å². The van der Waals surface area contributed by atoms with Gasteiger partial charge in [-0.15, -0.1) is 0 Å². The Morgan fingerprint density at radius 3 is 2.91 bits per heavy atom. The van der Waals surface area contributed by atoms with Crippen molar-refractivity contribution in [1.29, 1.82) is 0 Å². The minimum Gasteiger partial charge on any atom is -0.464 e. The average molecular weight is 310 g/mol. The summed E-state index contributed by atoms with van der Waals surface area (Å²) < 4.78 is 16.6. The lowest BCUT2D eigenvalue weighted by Gasteiger charge is -2.40. The Morgan fingerprint density at radius 2 is 2.32 bits per heavy atom. The molecule has 0 bridgehead atoms. The van der Waals surface area contributed by atoms with E-state index in [0.29, 0.717) is 32.1 Å². The zero-order valence-electron chi connectivity index (χ0n) is 13.8. The minimum absolute atomic E-state index is 0.112. The van der Waals surface area contributed by atoms with E-state index in [9.17, 15) is 4.79 Å².